The van der Waals surface area contributed by atoms with E-state index in [0.29, 0.717) is 10.9 Å². The standard InChI is InChI=1S/C11H15N3O2S/c1-3-12-11(17)14-13-7-8-4-5-9(15)10(6-8)16-2/h4-7,15H,3H2,1-2H3,(H2,12,14,17)/b13-7+. The second-order valence-electron chi connectivity index (χ2n) is 3.16. The Kier molecular flexibility index (Phi) is 5.22. The van der Waals surface area contributed by atoms with Crippen LogP contribution in [0.3, 0.4) is 0 Å². The fourth-order valence-electron chi connectivity index (χ4n) is 1.14. The molecule has 5 nitrogen and oxygen atoms in total. The van der Waals surface area contributed by atoms with Crippen LogP contribution in [0.2, 0.25) is 0 Å². The molecule has 0 atom stereocenters. The van der Waals surface area contributed by atoms with Crippen LogP contribution < -0.4 is 15.5 Å². The summed E-state index contributed by atoms with van der Waals surface area (Å²) in [5, 5.41) is 16.7. The van der Waals surface area contributed by atoms with Crippen molar-refractivity contribution in [3.05, 3.63) is 23.8 Å². The summed E-state index contributed by atoms with van der Waals surface area (Å²) < 4.78 is 4.98. The second kappa shape index (κ2) is 6.70. The number of aromatic hydroxyl groups is 1. The van der Waals surface area contributed by atoms with Crippen molar-refractivity contribution in [2.24, 2.45) is 5.10 Å². The largest absolute Gasteiger partial charge is 0.504 e. The van der Waals surface area contributed by atoms with Crippen LogP contribution in [0.15, 0.2) is 23.3 Å². The Hall–Kier alpha value is -1.82. The minimum Gasteiger partial charge on any atom is -0.504 e. The number of hydrogen-bond acceptors (Lipinski definition) is 4. The lowest BCUT2D eigenvalue weighted by Crippen LogP contribution is -2.31. The summed E-state index contributed by atoms with van der Waals surface area (Å²) in [6.45, 7) is 2.69. The van der Waals surface area contributed by atoms with Crippen LogP contribution in [0.25, 0.3) is 0 Å². The van der Waals surface area contributed by atoms with Gasteiger partial charge in [0.1, 0.15) is 0 Å². The van der Waals surface area contributed by atoms with Crippen LogP contribution in [0.5, 0.6) is 11.5 Å². The molecule has 1 aromatic carbocycles. The molecule has 0 aliphatic rings. The number of phenols is 1. The van der Waals surface area contributed by atoms with Gasteiger partial charge in [0.2, 0.25) is 0 Å². The van der Waals surface area contributed by atoms with Gasteiger partial charge in [0.15, 0.2) is 16.6 Å². The van der Waals surface area contributed by atoms with Crippen molar-refractivity contribution in [2.45, 2.75) is 6.92 Å². The van der Waals surface area contributed by atoms with E-state index in [0.717, 1.165) is 12.1 Å². The Balaban J connectivity index is 2.62. The van der Waals surface area contributed by atoms with E-state index in [4.69, 9.17) is 17.0 Å². The summed E-state index contributed by atoms with van der Waals surface area (Å²) in [6, 6.07) is 4.94. The Morgan fingerprint density at radius 3 is 3.00 bits per heavy atom. The third-order valence-corrected chi connectivity index (χ3v) is 2.16. The lowest BCUT2D eigenvalue weighted by Gasteiger charge is -2.04. The summed E-state index contributed by atoms with van der Waals surface area (Å²) in [6.07, 6.45) is 1.59. The van der Waals surface area contributed by atoms with Gasteiger partial charge in [-0.2, -0.15) is 5.10 Å². The van der Waals surface area contributed by atoms with E-state index in [1.807, 2.05) is 6.92 Å². The molecule has 1 aromatic rings. The van der Waals surface area contributed by atoms with Gasteiger partial charge in [0.25, 0.3) is 0 Å². The number of hydrazone groups is 1. The third-order valence-electron chi connectivity index (χ3n) is 1.92. The van der Waals surface area contributed by atoms with Crippen molar-refractivity contribution in [1.82, 2.24) is 10.7 Å². The minimum absolute atomic E-state index is 0.0979. The Morgan fingerprint density at radius 2 is 2.35 bits per heavy atom. The zero-order chi connectivity index (χ0) is 12.7. The highest BCUT2D eigenvalue weighted by Gasteiger charge is 2.00. The third kappa shape index (κ3) is 4.28. The molecule has 0 unspecified atom stereocenters. The maximum absolute atomic E-state index is 9.40. The topological polar surface area (TPSA) is 65.9 Å². The van der Waals surface area contributed by atoms with Crippen LogP contribution in [0.4, 0.5) is 0 Å². The monoisotopic (exact) mass is 253 g/mol. The van der Waals surface area contributed by atoms with Crippen molar-refractivity contribution >= 4 is 23.5 Å². The fourth-order valence-corrected chi connectivity index (χ4v) is 1.34. The summed E-state index contributed by atoms with van der Waals surface area (Å²) >= 11 is 4.94. The second-order valence-corrected chi connectivity index (χ2v) is 3.57. The summed E-state index contributed by atoms with van der Waals surface area (Å²) in [5.41, 5.74) is 3.47. The maximum atomic E-state index is 9.40. The summed E-state index contributed by atoms with van der Waals surface area (Å²) in [7, 11) is 1.49. The van der Waals surface area contributed by atoms with Gasteiger partial charge in [-0.3, -0.25) is 5.43 Å². The van der Waals surface area contributed by atoms with Crippen LogP contribution >= 0.6 is 12.2 Å². The molecule has 0 aliphatic carbocycles. The number of nitrogens with one attached hydrogen (secondary N) is 2. The van der Waals surface area contributed by atoms with Crippen LogP contribution in [-0.4, -0.2) is 30.1 Å². The predicted octanol–water partition coefficient (Wildman–Crippen LogP) is 1.22. The molecule has 0 heterocycles. The van der Waals surface area contributed by atoms with E-state index in [1.54, 1.807) is 24.4 Å². The molecular formula is C11H15N3O2S. The highest BCUT2D eigenvalue weighted by atomic mass is 32.1. The van der Waals surface area contributed by atoms with E-state index >= 15 is 0 Å². The minimum atomic E-state index is 0.0979. The van der Waals surface area contributed by atoms with Crippen LogP contribution in [0, 0.1) is 0 Å². The molecule has 0 saturated carbocycles. The number of benzene rings is 1. The SMILES string of the molecule is CCNC(=S)N/N=C/c1ccc(O)c(OC)c1. The molecule has 0 fully saturated rings. The fraction of sp³-hybridized carbons (Fsp3) is 0.273. The quantitative estimate of drug-likeness (QED) is 0.428. The van der Waals surface area contributed by atoms with Gasteiger partial charge in [0.05, 0.1) is 13.3 Å². The highest BCUT2D eigenvalue weighted by molar-refractivity contribution is 7.80. The number of ether oxygens (including phenoxy) is 1. The van der Waals surface area contributed by atoms with Crippen molar-refractivity contribution in [3.63, 3.8) is 0 Å². The summed E-state index contributed by atoms with van der Waals surface area (Å²) in [5.74, 6) is 0.504. The van der Waals surface area contributed by atoms with Crippen molar-refractivity contribution in [1.29, 1.82) is 0 Å². The van der Waals surface area contributed by atoms with Crippen LogP contribution in [-0.2, 0) is 0 Å². The number of methoxy groups -OCH3 is 1. The molecule has 3 N–H and O–H groups in total. The molecule has 0 bridgehead atoms. The van der Waals surface area contributed by atoms with Crippen molar-refractivity contribution in [2.75, 3.05) is 13.7 Å². The van der Waals surface area contributed by atoms with Gasteiger partial charge < -0.3 is 15.2 Å². The molecule has 0 saturated heterocycles. The average molecular weight is 253 g/mol. The number of thiocarbonyl (C=S) groups is 1. The number of rotatable bonds is 4. The Bertz CT molecular complexity index is 421. The van der Waals surface area contributed by atoms with Gasteiger partial charge in [-0.05, 0) is 42.9 Å². The molecule has 0 amide bonds. The van der Waals surface area contributed by atoms with Gasteiger partial charge in [-0.15, -0.1) is 0 Å². The molecule has 0 spiro atoms. The maximum Gasteiger partial charge on any atom is 0.186 e. The van der Waals surface area contributed by atoms with Crippen LogP contribution in [0.1, 0.15) is 12.5 Å². The van der Waals surface area contributed by atoms with Gasteiger partial charge >= 0.3 is 0 Å². The Labute approximate surface area is 105 Å². The lowest BCUT2D eigenvalue weighted by molar-refractivity contribution is 0.373. The number of phenolic OH excluding ortho intramolecular Hbond substituents is 1. The summed E-state index contributed by atoms with van der Waals surface area (Å²) in [4.78, 5) is 0. The molecule has 1 rings (SSSR count). The first-order valence-corrected chi connectivity index (χ1v) is 5.52. The number of nitrogens with zero attached hydrogens (tertiary/aromatic N) is 1. The van der Waals surface area contributed by atoms with Gasteiger partial charge in [-0.25, -0.2) is 0 Å². The molecule has 0 radical (unpaired) electrons. The molecule has 6 heteroatoms. The van der Waals surface area contributed by atoms with E-state index in [1.165, 1.54) is 7.11 Å². The zero-order valence-corrected chi connectivity index (χ0v) is 10.5. The van der Waals surface area contributed by atoms with Crippen molar-refractivity contribution < 1.29 is 9.84 Å². The predicted molar refractivity (Wildman–Crippen MR) is 71.7 cm³/mol. The first-order chi connectivity index (χ1) is 8.17. The average Bonchev–Trinajstić information content (AvgIpc) is 2.31. The molecular weight excluding hydrogens is 238 g/mol. The van der Waals surface area contributed by atoms with Crippen molar-refractivity contribution in [3.8, 4) is 11.5 Å². The smallest absolute Gasteiger partial charge is 0.186 e. The molecule has 0 aliphatic heterocycles. The van der Waals surface area contributed by atoms with E-state index in [9.17, 15) is 5.11 Å². The number of hydrogen-bond donors (Lipinski definition) is 3. The Morgan fingerprint density at radius 1 is 1.59 bits per heavy atom. The first-order valence-electron chi connectivity index (χ1n) is 5.11. The molecule has 17 heavy (non-hydrogen) atoms. The van der Waals surface area contributed by atoms with E-state index < -0.39 is 0 Å². The van der Waals surface area contributed by atoms with E-state index in [-0.39, 0.29) is 5.75 Å². The zero-order valence-electron chi connectivity index (χ0n) is 9.73. The lowest BCUT2D eigenvalue weighted by atomic mass is 10.2. The van der Waals surface area contributed by atoms with Gasteiger partial charge in [-0.1, -0.05) is 0 Å². The molecule has 0 aromatic heterocycles. The van der Waals surface area contributed by atoms with Gasteiger partial charge in [0, 0.05) is 6.54 Å². The van der Waals surface area contributed by atoms with E-state index in [2.05, 4.69) is 15.8 Å². The highest BCUT2D eigenvalue weighted by Crippen LogP contribution is 2.25. The normalized spacial score (nSPS) is 10.2. The molecule has 92 valence electrons. The first kappa shape index (κ1) is 13.2.